The Hall–Kier alpha value is -1.06. The molecule has 0 bridgehead atoms. The summed E-state index contributed by atoms with van der Waals surface area (Å²) in [6, 6.07) is 6.44. The molecule has 1 atom stereocenters. The van der Waals surface area contributed by atoms with Gasteiger partial charge in [-0.15, -0.1) is 11.3 Å². The first-order chi connectivity index (χ1) is 9.08. The lowest BCUT2D eigenvalue weighted by Crippen LogP contribution is -2.25. The number of hydrogen-bond acceptors (Lipinski definition) is 2. The van der Waals surface area contributed by atoms with Gasteiger partial charge in [-0.05, 0) is 36.8 Å². The van der Waals surface area contributed by atoms with Crippen LogP contribution in [-0.4, -0.2) is 9.67 Å². The van der Waals surface area contributed by atoms with E-state index in [4.69, 9.17) is 0 Å². The van der Waals surface area contributed by atoms with E-state index in [2.05, 4.69) is 48.2 Å². The fourth-order valence-corrected chi connectivity index (χ4v) is 3.89. The highest BCUT2D eigenvalue weighted by atomic mass is 32.1. The molecular weight excluding hydrogens is 254 g/mol. The molecule has 2 nitrogen and oxygen atoms in total. The lowest BCUT2D eigenvalue weighted by molar-refractivity contribution is 0.155. The third-order valence-electron chi connectivity index (χ3n) is 4.12. The van der Waals surface area contributed by atoms with Crippen molar-refractivity contribution in [2.75, 3.05) is 0 Å². The van der Waals surface area contributed by atoms with Crippen LogP contribution >= 0.6 is 11.3 Å². The summed E-state index contributed by atoms with van der Waals surface area (Å²) in [7, 11) is 0. The highest BCUT2D eigenvalue weighted by molar-refractivity contribution is 7.10. The van der Waals surface area contributed by atoms with E-state index in [1.54, 1.807) is 0 Å². The van der Waals surface area contributed by atoms with Crippen molar-refractivity contribution >= 4 is 11.3 Å². The van der Waals surface area contributed by atoms with Gasteiger partial charge < -0.3 is 9.67 Å². The summed E-state index contributed by atoms with van der Waals surface area (Å²) >= 11 is 1.83. The van der Waals surface area contributed by atoms with Gasteiger partial charge in [-0.1, -0.05) is 19.9 Å². The van der Waals surface area contributed by atoms with Crippen molar-refractivity contribution in [2.45, 2.75) is 51.2 Å². The number of rotatable bonds is 3. The Morgan fingerprint density at radius 3 is 3.00 bits per heavy atom. The first-order valence-electron chi connectivity index (χ1n) is 6.98. The minimum absolute atomic E-state index is 0.142. The average Bonchev–Trinajstić information content (AvgIpc) is 2.99. The minimum atomic E-state index is -0.255. The third kappa shape index (κ3) is 2.37. The lowest BCUT2D eigenvalue weighted by atomic mass is 9.90. The van der Waals surface area contributed by atoms with Gasteiger partial charge in [-0.3, -0.25) is 0 Å². The van der Waals surface area contributed by atoms with Crippen LogP contribution in [0.3, 0.4) is 0 Å². The van der Waals surface area contributed by atoms with E-state index in [0.717, 1.165) is 31.4 Å². The summed E-state index contributed by atoms with van der Waals surface area (Å²) in [5, 5.41) is 12.2. The van der Waals surface area contributed by atoms with E-state index < -0.39 is 0 Å². The fraction of sp³-hybridized carbons (Fsp3) is 0.500. The van der Waals surface area contributed by atoms with Crippen LogP contribution in [0.15, 0.2) is 29.8 Å². The molecule has 19 heavy (non-hydrogen) atoms. The van der Waals surface area contributed by atoms with Gasteiger partial charge in [-0.25, -0.2) is 0 Å². The maximum Gasteiger partial charge on any atom is 0.0807 e. The molecule has 0 saturated carbocycles. The van der Waals surface area contributed by atoms with Crippen LogP contribution in [0, 0.1) is 0 Å². The van der Waals surface area contributed by atoms with Crippen LogP contribution in [0.1, 0.15) is 48.9 Å². The topological polar surface area (TPSA) is 25.2 Å². The van der Waals surface area contributed by atoms with Crippen molar-refractivity contribution in [1.82, 2.24) is 4.57 Å². The number of aromatic nitrogens is 1. The third-order valence-corrected chi connectivity index (χ3v) is 5.35. The summed E-state index contributed by atoms with van der Waals surface area (Å²) in [6.45, 7) is 5.57. The summed E-state index contributed by atoms with van der Waals surface area (Å²) < 4.78 is 2.34. The predicted octanol–water partition coefficient (Wildman–Crippen LogP) is 3.90. The summed E-state index contributed by atoms with van der Waals surface area (Å²) in [5.41, 5.74) is 2.63. The van der Waals surface area contributed by atoms with Crippen LogP contribution < -0.4 is 0 Å². The first-order valence-corrected chi connectivity index (χ1v) is 7.86. The quantitative estimate of drug-likeness (QED) is 0.903. The van der Waals surface area contributed by atoms with E-state index >= 15 is 0 Å². The molecule has 1 aliphatic rings. The summed E-state index contributed by atoms with van der Waals surface area (Å²) in [5.74, 6) is 0. The Bertz CT molecular complexity index is 553. The molecule has 0 amide bonds. The Morgan fingerprint density at radius 2 is 2.26 bits per heavy atom. The second kappa shape index (κ2) is 4.80. The second-order valence-corrected chi connectivity index (χ2v) is 7.06. The summed E-state index contributed by atoms with van der Waals surface area (Å²) in [4.78, 5) is 1.42. The Labute approximate surface area is 118 Å². The maximum atomic E-state index is 10.0. The SMILES string of the molecule is CC(C)(Cn1ccc2c1CCCC2O)c1cccs1. The molecule has 1 aliphatic carbocycles. The van der Waals surface area contributed by atoms with Gasteiger partial charge in [0.1, 0.15) is 0 Å². The van der Waals surface area contributed by atoms with E-state index in [0.29, 0.717) is 0 Å². The highest BCUT2D eigenvalue weighted by Crippen LogP contribution is 2.34. The van der Waals surface area contributed by atoms with Crippen molar-refractivity contribution in [3.05, 3.63) is 45.9 Å². The Balaban J connectivity index is 1.88. The molecule has 0 aliphatic heterocycles. The molecular formula is C16H21NOS. The molecule has 3 heteroatoms. The molecule has 3 rings (SSSR count). The number of aliphatic hydroxyl groups excluding tert-OH is 1. The van der Waals surface area contributed by atoms with Crippen molar-refractivity contribution in [1.29, 1.82) is 0 Å². The van der Waals surface area contributed by atoms with Gasteiger partial charge in [0.2, 0.25) is 0 Å². The zero-order valence-corrected chi connectivity index (χ0v) is 12.4. The number of hydrogen-bond donors (Lipinski definition) is 1. The minimum Gasteiger partial charge on any atom is -0.388 e. The Morgan fingerprint density at radius 1 is 1.42 bits per heavy atom. The van der Waals surface area contributed by atoms with Gasteiger partial charge in [-0.2, -0.15) is 0 Å². The molecule has 0 aromatic carbocycles. The van der Waals surface area contributed by atoms with Crippen LogP contribution in [0.2, 0.25) is 0 Å². The number of aliphatic hydroxyl groups is 1. The molecule has 0 spiro atoms. The zero-order valence-electron chi connectivity index (χ0n) is 11.6. The molecule has 2 heterocycles. The largest absolute Gasteiger partial charge is 0.388 e. The number of fused-ring (bicyclic) bond motifs is 1. The maximum absolute atomic E-state index is 10.0. The van der Waals surface area contributed by atoms with Crippen LogP contribution in [0.4, 0.5) is 0 Å². The van der Waals surface area contributed by atoms with Crippen LogP contribution in [0.25, 0.3) is 0 Å². The molecule has 1 N–H and O–H groups in total. The Kier molecular flexibility index (Phi) is 3.27. The standard InChI is InChI=1S/C16H21NOS/c1-16(2,15-7-4-10-19-15)11-17-9-8-12-13(17)5-3-6-14(12)18/h4,7-10,14,18H,3,5-6,11H2,1-2H3. The van der Waals surface area contributed by atoms with E-state index in [1.165, 1.54) is 10.6 Å². The number of nitrogens with zero attached hydrogens (tertiary/aromatic N) is 1. The van der Waals surface area contributed by atoms with Gasteiger partial charge in [0.05, 0.1) is 6.10 Å². The molecule has 0 radical (unpaired) electrons. The second-order valence-electron chi connectivity index (χ2n) is 6.11. The van der Waals surface area contributed by atoms with Crippen molar-refractivity contribution in [2.24, 2.45) is 0 Å². The molecule has 2 aromatic heterocycles. The first kappa shape index (κ1) is 12.9. The van der Waals surface area contributed by atoms with Crippen molar-refractivity contribution < 1.29 is 5.11 Å². The molecule has 0 saturated heterocycles. The van der Waals surface area contributed by atoms with E-state index in [9.17, 15) is 5.11 Å². The van der Waals surface area contributed by atoms with Crippen molar-refractivity contribution in [3.8, 4) is 0 Å². The highest BCUT2D eigenvalue weighted by Gasteiger charge is 2.26. The normalized spacial score (nSPS) is 19.4. The van der Waals surface area contributed by atoms with Crippen LogP contribution in [-0.2, 0) is 18.4 Å². The van der Waals surface area contributed by atoms with Gasteiger partial charge in [0, 0.05) is 34.3 Å². The molecule has 2 aromatic rings. The zero-order chi connectivity index (χ0) is 13.5. The average molecular weight is 275 g/mol. The molecule has 1 unspecified atom stereocenters. The smallest absolute Gasteiger partial charge is 0.0807 e. The number of thiophene rings is 1. The molecule has 102 valence electrons. The monoisotopic (exact) mass is 275 g/mol. The van der Waals surface area contributed by atoms with Gasteiger partial charge in [0.15, 0.2) is 0 Å². The fourth-order valence-electron chi connectivity index (χ4n) is 3.05. The van der Waals surface area contributed by atoms with Gasteiger partial charge >= 0.3 is 0 Å². The molecule has 0 fully saturated rings. The lowest BCUT2D eigenvalue weighted by Gasteiger charge is -2.27. The predicted molar refractivity (Wildman–Crippen MR) is 79.7 cm³/mol. The van der Waals surface area contributed by atoms with E-state index in [-0.39, 0.29) is 11.5 Å². The van der Waals surface area contributed by atoms with Crippen LogP contribution in [0.5, 0.6) is 0 Å². The van der Waals surface area contributed by atoms with Crippen molar-refractivity contribution in [3.63, 3.8) is 0 Å². The van der Waals surface area contributed by atoms with Gasteiger partial charge in [0.25, 0.3) is 0 Å². The van der Waals surface area contributed by atoms with E-state index in [1.807, 2.05) is 11.3 Å². The summed E-state index contributed by atoms with van der Waals surface area (Å²) in [6.07, 6.45) is 4.99.